The monoisotopic (exact) mass is 236 g/mol. The van der Waals surface area contributed by atoms with Crippen molar-refractivity contribution >= 4 is 5.97 Å². The summed E-state index contributed by atoms with van der Waals surface area (Å²) in [6.07, 6.45) is 0.929. The van der Waals surface area contributed by atoms with Crippen LogP contribution in [0.2, 0.25) is 0 Å². The van der Waals surface area contributed by atoms with Gasteiger partial charge in [-0.3, -0.25) is 4.79 Å². The highest BCUT2D eigenvalue weighted by atomic mass is 16.5. The summed E-state index contributed by atoms with van der Waals surface area (Å²) in [6, 6.07) is 5.81. The molecule has 0 radical (unpaired) electrons. The number of carboxylic acid groups (broad SMARTS) is 1. The molecule has 1 rings (SSSR count). The van der Waals surface area contributed by atoms with E-state index in [-0.39, 0.29) is 6.42 Å². The van der Waals surface area contributed by atoms with Gasteiger partial charge in [-0.25, -0.2) is 0 Å². The minimum Gasteiger partial charge on any atom is -0.493 e. The van der Waals surface area contributed by atoms with Crippen molar-refractivity contribution in [2.45, 2.75) is 39.5 Å². The first-order valence-corrected chi connectivity index (χ1v) is 6.02. The average Bonchev–Trinajstić information content (AvgIpc) is 2.26. The van der Waals surface area contributed by atoms with E-state index in [2.05, 4.69) is 13.8 Å². The summed E-state index contributed by atoms with van der Waals surface area (Å²) in [5, 5.41) is 8.89. The van der Waals surface area contributed by atoms with Crippen LogP contribution < -0.4 is 4.74 Å². The zero-order chi connectivity index (χ0) is 12.8. The Hall–Kier alpha value is -1.51. The second-order valence-corrected chi connectivity index (χ2v) is 4.44. The van der Waals surface area contributed by atoms with Gasteiger partial charge < -0.3 is 9.84 Å². The summed E-state index contributed by atoms with van der Waals surface area (Å²) < 4.78 is 5.56. The molecule has 0 aliphatic carbocycles. The molecule has 0 heterocycles. The molecule has 0 spiro atoms. The molecule has 0 saturated heterocycles. The summed E-state index contributed by atoms with van der Waals surface area (Å²) in [5.74, 6) is 0.258. The molecule has 1 aromatic rings. The van der Waals surface area contributed by atoms with Crippen LogP contribution in [-0.4, -0.2) is 17.7 Å². The van der Waals surface area contributed by atoms with Gasteiger partial charge in [0.05, 0.1) is 13.0 Å². The largest absolute Gasteiger partial charge is 0.493 e. The number of rotatable bonds is 6. The quantitative estimate of drug-likeness (QED) is 0.824. The van der Waals surface area contributed by atoms with Crippen LogP contribution in [0.1, 0.15) is 44.2 Å². The number of hydrogen-bond acceptors (Lipinski definition) is 2. The van der Waals surface area contributed by atoms with E-state index in [1.165, 1.54) is 0 Å². The first-order valence-electron chi connectivity index (χ1n) is 6.02. The fourth-order valence-corrected chi connectivity index (χ4v) is 1.61. The van der Waals surface area contributed by atoms with Crippen LogP contribution >= 0.6 is 0 Å². The summed E-state index contributed by atoms with van der Waals surface area (Å²) in [5.41, 5.74) is 1.90. The number of carboxylic acids is 1. The lowest BCUT2D eigenvalue weighted by Crippen LogP contribution is -2.05. The molecule has 0 bridgehead atoms. The molecule has 0 amide bonds. The zero-order valence-electron chi connectivity index (χ0n) is 10.7. The molecule has 0 unspecified atom stereocenters. The lowest BCUT2D eigenvalue weighted by atomic mass is 9.99. The van der Waals surface area contributed by atoms with E-state index in [4.69, 9.17) is 9.84 Å². The van der Waals surface area contributed by atoms with E-state index >= 15 is 0 Å². The lowest BCUT2D eigenvalue weighted by Gasteiger charge is -2.13. The predicted molar refractivity (Wildman–Crippen MR) is 67.7 cm³/mol. The van der Waals surface area contributed by atoms with Gasteiger partial charge in [-0.05, 0) is 24.0 Å². The highest BCUT2D eigenvalue weighted by Gasteiger charge is 2.10. The Labute approximate surface area is 102 Å². The van der Waals surface area contributed by atoms with Gasteiger partial charge in [0.15, 0.2) is 0 Å². The number of hydrogen-bond donors (Lipinski definition) is 1. The number of carbonyl (C=O) groups is 1. The SMILES string of the molecule is CCCOc1ccc(C(C)C)cc1CC(=O)O. The van der Waals surface area contributed by atoms with Gasteiger partial charge in [-0.1, -0.05) is 32.9 Å². The number of ether oxygens (including phenoxy) is 1. The van der Waals surface area contributed by atoms with Gasteiger partial charge in [0.25, 0.3) is 0 Å². The van der Waals surface area contributed by atoms with Gasteiger partial charge in [-0.2, -0.15) is 0 Å². The van der Waals surface area contributed by atoms with Gasteiger partial charge in [0, 0.05) is 5.56 Å². The average molecular weight is 236 g/mol. The van der Waals surface area contributed by atoms with Crippen LogP contribution in [-0.2, 0) is 11.2 Å². The molecule has 0 aliphatic rings. The van der Waals surface area contributed by atoms with E-state index in [0.717, 1.165) is 17.5 Å². The molecule has 0 fully saturated rings. The van der Waals surface area contributed by atoms with Crippen LogP contribution in [0.3, 0.4) is 0 Å². The third kappa shape index (κ3) is 4.10. The number of aliphatic carboxylic acids is 1. The first kappa shape index (κ1) is 13.6. The van der Waals surface area contributed by atoms with Gasteiger partial charge in [0.1, 0.15) is 5.75 Å². The molecular formula is C14H20O3. The topological polar surface area (TPSA) is 46.5 Å². The molecule has 3 heteroatoms. The lowest BCUT2D eigenvalue weighted by molar-refractivity contribution is -0.136. The molecule has 0 aromatic heterocycles. The first-order chi connectivity index (χ1) is 8.04. The van der Waals surface area contributed by atoms with Crippen LogP contribution in [0.15, 0.2) is 18.2 Å². The van der Waals surface area contributed by atoms with E-state index in [0.29, 0.717) is 18.3 Å². The van der Waals surface area contributed by atoms with Gasteiger partial charge >= 0.3 is 5.97 Å². The Bertz CT molecular complexity index is 383. The summed E-state index contributed by atoms with van der Waals surface area (Å²) in [7, 11) is 0. The fraction of sp³-hybridized carbons (Fsp3) is 0.500. The van der Waals surface area contributed by atoms with Crippen molar-refractivity contribution in [1.29, 1.82) is 0 Å². The Kier molecular flexibility index (Phi) is 5.01. The maximum absolute atomic E-state index is 10.8. The normalized spacial score (nSPS) is 10.6. The van der Waals surface area contributed by atoms with Crippen molar-refractivity contribution in [2.75, 3.05) is 6.61 Å². The molecule has 3 nitrogen and oxygen atoms in total. The van der Waals surface area contributed by atoms with E-state index in [1.54, 1.807) is 0 Å². The molecule has 17 heavy (non-hydrogen) atoms. The standard InChI is InChI=1S/C14H20O3/c1-4-7-17-13-6-5-11(10(2)3)8-12(13)9-14(15)16/h5-6,8,10H,4,7,9H2,1-3H3,(H,15,16). The summed E-state index contributed by atoms with van der Waals surface area (Å²) >= 11 is 0. The van der Waals surface area contributed by atoms with E-state index < -0.39 is 5.97 Å². The van der Waals surface area contributed by atoms with Gasteiger partial charge in [0.2, 0.25) is 0 Å². The molecule has 1 N–H and O–H groups in total. The van der Waals surface area contributed by atoms with Crippen LogP contribution in [0, 0.1) is 0 Å². The summed E-state index contributed by atoms with van der Waals surface area (Å²) in [6.45, 7) is 6.83. The fourth-order valence-electron chi connectivity index (χ4n) is 1.61. The second kappa shape index (κ2) is 6.28. The van der Waals surface area contributed by atoms with Crippen molar-refractivity contribution in [2.24, 2.45) is 0 Å². The Morgan fingerprint density at radius 2 is 2.12 bits per heavy atom. The Balaban J connectivity index is 2.98. The van der Waals surface area contributed by atoms with Crippen molar-refractivity contribution < 1.29 is 14.6 Å². The maximum Gasteiger partial charge on any atom is 0.307 e. The highest BCUT2D eigenvalue weighted by Crippen LogP contribution is 2.25. The Morgan fingerprint density at radius 3 is 2.65 bits per heavy atom. The molecule has 0 saturated carbocycles. The van der Waals surface area contributed by atoms with Crippen molar-refractivity contribution in [3.8, 4) is 5.75 Å². The molecule has 94 valence electrons. The molecule has 0 atom stereocenters. The second-order valence-electron chi connectivity index (χ2n) is 4.44. The van der Waals surface area contributed by atoms with Crippen molar-refractivity contribution in [3.05, 3.63) is 29.3 Å². The van der Waals surface area contributed by atoms with Crippen LogP contribution in [0.4, 0.5) is 0 Å². The van der Waals surface area contributed by atoms with Gasteiger partial charge in [-0.15, -0.1) is 0 Å². The molecule has 0 aliphatic heterocycles. The van der Waals surface area contributed by atoms with Crippen LogP contribution in [0.5, 0.6) is 5.75 Å². The smallest absolute Gasteiger partial charge is 0.307 e. The predicted octanol–water partition coefficient (Wildman–Crippen LogP) is 3.23. The maximum atomic E-state index is 10.8. The molecular weight excluding hydrogens is 216 g/mol. The van der Waals surface area contributed by atoms with Crippen molar-refractivity contribution in [3.63, 3.8) is 0 Å². The zero-order valence-corrected chi connectivity index (χ0v) is 10.7. The van der Waals surface area contributed by atoms with Crippen molar-refractivity contribution in [1.82, 2.24) is 0 Å². The van der Waals surface area contributed by atoms with E-state index in [1.807, 2.05) is 25.1 Å². The minimum absolute atomic E-state index is 0.0135. The molecule has 1 aromatic carbocycles. The van der Waals surface area contributed by atoms with E-state index in [9.17, 15) is 4.79 Å². The third-order valence-electron chi connectivity index (χ3n) is 2.55. The summed E-state index contributed by atoms with van der Waals surface area (Å²) in [4.78, 5) is 10.8. The highest BCUT2D eigenvalue weighted by molar-refractivity contribution is 5.71. The Morgan fingerprint density at radius 1 is 1.41 bits per heavy atom. The number of benzene rings is 1. The van der Waals surface area contributed by atoms with Crippen LogP contribution in [0.25, 0.3) is 0 Å². The minimum atomic E-state index is -0.827. The third-order valence-corrected chi connectivity index (χ3v) is 2.55.